The predicted octanol–water partition coefficient (Wildman–Crippen LogP) is 5.96. The number of phenols is 1. The molecule has 0 aromatic heterocycles. The van der Waals surface area contributed by atoms with Gasteiger partial charge in [-0.3, -0.25) is 9.59 Å². The Labute approximate surface area is 234 Å². The second-order valence-electron chi connectivity index (χ2n) is 10.3. The molecule has 3 aromatic rings. The van der Waals surface area contributed by atoms with Gasteiger partial charge < -0.3 is 9.84 Å². The maximum Gasteiger partial charge on any atom is 0.256 e. The second-order valence-corrected chi connectivity index (χ2v) is 10.3. The lowest BCUT2D eigenvalue weighted by molar-refractivity contribution is -0.122. The monoisotopic (exact) mass is 538 g/mol. The van der Waals surface area contributed by atoms with Crippen LogP contribution in [0, 0.1) is 25.7 Å². The van der Waals surface area contributed by atoms with E-state index in [0.29, 0.717) is 41.2 Å². The third-order valence-corrected chi connectivity index (χ3v) is 7.71. The van der Waals surface area contributed by atoms with Crippen molar-refractivity contribution >= 4 is 34.6 Å². The molecule has 2 aliphatic heterocycles. The maximum atomic E-state index is 14.2. The summed E-state index contributed by atoms with van der Waals surface area (Å²) >= 11 is 0. The molecule has 2 aliphatic rings. The standard InChI is InChI=1S/C32H34N4O4/c1-6-24-29(31(38)35(33-24)22-13-8-19(3)9-14-22)28(21-12-17-26(37)27(18-21)40-5)30-25(7-2)34-36(32(30)39)23-15-10-20(4)11-16-23/h8-18,28-30,37H,6-7H2,1-5H3. The number of phenolic OH excluding ortho intramolecular Hbond substituents is 1. The number of rotatable bonds is 8. The Morgan fingerprint density at radius 2 is 1.23 bits per heavy atom. The Balaban J connectivity index is 1.64. The topological polar surface area (TPSA) is 94.8 Å². The van der Waals surface area contributed by atoms with Crippen molar-refractivity contribution in [2.75, 3.05) is 17.1 Å². The van der Waals surface area contributed by atoms with Gasteiger partial charge >= 0.3 is 0 Å². The highest BCUT2D eigenvalue weighted by Gasteiger charge is 2.51. The van der Waals surface area contributed by atoms with E-state index >= 15 is 0 Å². The number of carbonyl (C=O) groups excluding carboxylic acids is 2. The van der Waals surface area contributed by atoms with Crippen LogP contribution in [-0.4, -0.2) is 35.5 Å². The van der Waals surface area contributed by atoms with Crippen LogP contribution in [0.5, 0.6) is 11.5 Å². The zero-order valence-corrected chi connectivity index (χ0v) is 23.5. The van der Waals surface area contributed by atoms with Crippen molar-refractivity contribution in [2.24, 2.45) is 22.0 Å². The normalized spacial score (nSPS) is 19.6. The third-order valence-electron chi connectivity index (χ3n) is 7.71. The summed E-state index contributed by atoms with van der Waals surface area (Å²) in [6.07, 6.45) is 1.07. The predicted molar refractivity (Wildman–Crippen MR) is 157 cm³/mol. The molecule has 0 aliphatic carbocycles. The van der Waals surface area contributed by atoms with Crippen LogP contribution in [-0.2, 0) is 9.59 Å². The van der Waals surface area contributed by atoms with Gasteiger partial charge in [-0.15, -0.1) is 0 Å². The quantitative estimate of drug-likeness (QED) is 0.383. The van der Waals surface area contributed by atoms with Gasteiger partial charge in [0, 0.05) is 5.92 Å². The van der Waals surface area contributed by atoms with Crippen LogP contribution >= 0.6 is 0 Å². The number of amides is 2. The van der Waals surface area contributed by atoms with Crippen molar-refractivity contribution < 1.29 is 19.4 Å². The Hall–Kier alpha value is -4.46. The fraction of sp³-hybridized carbons (Fsp3) is 0.312. The van der Waals surface area contributed by atoms with Gasteiger partial charge in [-0.1, -0.05) is 55.3 Å². The summed E-state index contributed by atoms with van der Waals surface area (Å²) in [4.78, 5) is 28.4. The molecule has 0 bridgehead atoms. The van der Waals surface area contributed by atoms with E-state index in [-0.39, 0.29) is 23.3 Å². The van der Waals surface area contributed by atoms with E-state index in [1.165, 1.54) is 17.1 Å². The van der Waals surface area contributed by atoms with Crippen molar-refractivity contribution in [1.82, 2.24) is 0 Å². The molecule has 2 heterocycles. The highest BCUT2D eigenvalue weighted by Crippen LogP contribution is 2.45. The van der Waals surface area contributed by atoms with Crippen LogP contribution in [0.15, 0.2) is 76.9 Å². The minimum atomic E-state index is -0.704. The summed E-state index contributed by atoms with van der Waals surface area (Å²) < 4.78 is 5.42. The number of nitrogens with zero attached hydrogens (tertiary/aromatic N) is 4. The number of hydrogen-bond donors (Lipinski definition) is 1. The van der Waals surface area contributed by atoms with E-state index in [0.717, 1.165) is 11.1 Å². The van der Waals surface area contributed by atoms with Gasteiger partial charge in [0.05, 0.1) is 41.7 Å². The van der Waals surface area contributed by atoms with E-state index in [2.05, 4.69) is 0 Å². The molecular formula is C32H34N4O4. The molecule has 5 rings (SSSR count). The molecule has 8 heteroatoms. The minimum Gasteiger partial charge on any atom is -0.504 e. The highest BCUT2D eigenvalue weighted by molar-refractivity contribution is 6.20. The summed E-state index contributed by atoms with van der Waals surface area (Å²) in [5.74, 6) is -2.17. The first-order valence-corrected chi connectivity index (χ1v) is 13.6. The van der Waals surface area contributed by atoms with Gasteiger partial charge in [0.2, 0.25) is 0 Å². The van der Waals surface area contributed by atoms with Crippen molar-refractivity contribution in [3.63, 3.8) is 0 Å². The molecule has 0 fully saturated rings. The van der Waals surface area contributed by atoms with Crippen molar-refractivity contribution in [1.29, 1.82) is 0 Å². The Morgan fingerprint density at radius 1 is 0.775 bits per heavy atom. The van der Waals surface area contributed by atoms with Gasteiger partial charge in [0.15, 0.2) is 11.5 Å². The van der Waals surface area contributed by atoms with Crippen LogP contribution in [0.25, 0.3) is 0 Å². The maximum absolute atomic E-state index is 14.2. The lowest BCUT2D eigenvalue weighted by Crippen LogP contribution is -2.40. The van der Waals surface area contributed by atoms with E-state index in [1.807, 2.05) is 76.2 Å². The van der Waals surface area contributed by atoms with Crippen LogP contribution in [0.3, 0.4) is 0 Å². The van der Waals surface area contributed by atoms with Crippen molar-refractivity contribution in [3.8, 4) is 11.5 Å². The number of aryl methyl sites for hydroxylation is 2. The molecule has 2 unspecified atom stereocenters. The molecule has 0 saturated carbocycles. The zero-order chi connectivity index (χ0) is 28.6. The van der Waals surface area contributed by atoms with E-state index in [4.69, 9.17) is 14.9 Å². The molecule has 206 valence electrons. The Kier molecular flexibility index (Phi) is 7.43. The van der Waals surface area contributed by atoms with Gasteiger partial charge in [-0.2, -0.15) is 10.2 Å². The number of ether oxygens (including phenoxy) is 1. The van der Waals surface area contributed by atoms with Crippen LogP contribution in [0.2, 0.25) is 0 Å². The van der Waals surface area contributed by atoms with Crippen molar-refractivity contribution in [2.45, 2.75) is 46.5 Å². The molecule has 0 saturated heterocycles. The van der Waals surface area contributed by atoms with Crippen LogP contribution < -0.4 is 14.8 Å². The number of carbonyl (C=O) groups is 2. The van der Waals surface area contributed by atoms with Crippen LogP contribution in [0.1, 0.15) is 49.3 Å². The first-order valence-electron chi connectivity index (χ1n) is 13.6. The second kappa shape index (κ2) is 11.0. The van der Waals surface area contributed by atoms with E-state index in [1.54, 1.807) is 18.2 Å². The summed E-state index contributed by atoms with van der Waals surface area (Å²) in [7, 11) is 1.48. The molecule has 2 amide bonds. The molecule has 1 N–H and O–H groups in total. The van der Waals surface area contributed by atoms with Crippen molar-refractivity contribution in [3.05, 3.63) is 83.4 Å². The number of aromatic hydroxyl groups is 1. The molecule has 40 heavy (non-hydrogen) atoms. The fourth-order valence-corrected chi connectivity index (χ4v) is 5.55. The number of anilines is 2. The highest BCUT2D eigenvalue weighted by atomic mass is 16.5. The smallest absolute Gasteiger partial charge is 0.256 e. The van der Waals surface area contributed by atoms with E-state index < -0.39 is 17.8 Å². The molecular weight excluding hydrogens is 504 g/mol. The number of hydrogen-bond acceptors (Lipinski definition) is 6. The Morgan fingerprint density at radius 3 is 1.62 bits per heavy atom. The fourth-order valence-electron chi connectivity index (χ4n) is 5.55. The summed E-state index contributed by atoms with van der Waals surface area (Å²) in [6, 6.07) is 20.3. The van der Waals surface area contributed by atoms with Gasteiger partial charge in [0.1, 0.15) is 0 Å². The number of hydrazone groups is 2. The molecule has 0 spiro atoms. The lowest BCUT2D eigenvalue weighted by atomic mass is 9.71. The summed E-state index contributed by atoms with van der Waals surface area (Å²) in [6.45, 7) is 7.92. The van der Waals surface area contributed by atoms with Gasteiger partial charge in [-0.25, -0.2) is 10.0 Å². The molecule has 0 radical (unpaired) electrons. The number of methoxy groups -OCH3 is 1. The summed E-state index contributed by atoms with van der Waals surface area (Å²) in [5.41, 5.74) is 5.60. The Bertz CT molecular complexity index is 1410. The SMILES string of the molecule is CCC1=NN(c2ccc(C)cc2)C(=O)C1C(c1ccc(O)c(OC)c1)C1C(=O)N(c2ccc(C)cc2)N=C1CC. The minimum absolute atomic E-state index is 0.0168. The first-order chi connectivity index (χ1) is 19.3. The average molecular weight is 539 g/mol. The number of benzene rings is 3. The molecule has 2 atom stereocenters. The summed E-state index contributed by atoms with van der Waals surface area (Å²) in [5, 5.41) is 22.8. The third kappa shape index (κ3) is 4.74. The first kappa shape index (κ1) is 27.1. The van der Waals surface area contributed by atoms with Gasteiger partial charge in [0.25, 0.3) is 11.8 Å². The lowest BCUT2D eigenvalue weighted by Gasteiger charge is -2.30. The van der Waals surface area contributed by atoms with Crippen LogP contribution in [0.4, 0.5) is 11.4 Å². The zero-order valence-electron chi connectivity index (χ0n) is 23.5. The van der Waals surface area contributed by atoms with Gasteiger partial charge in [-0.05, 0) is 68.7 Å². The molecule has 3 aromatic carbocycles. The molecule has 8 nitrogen and oxygen atoms in total. The largest absolute Gasteiger partial charge is 0.504 e. The van der Waals surface area contributed by atoms with E-state index in [9.17, 15) is 14.7 Å². The average Bonchev–Trinajstić information content (AvgIpc) is 3.47.